The number of fused-ring (bicyclic) bond motifs is 4. The minimum atomic E-state index is -5.94. The molecule has 1 saturated heterocycles. The van der Waals surface area contributed by atoms with Gasteiger partial charge in [-0.2, -0.15) is 22.0 Å². The van der Waals surface area contributed by atoms with E-state index in [-0.39, 0.29) is 57.3 Å². The zero-order chi connectivity index (χ0) is 38.0. The molecule has 52 heavy (non-hydrogen) atoms. The second kappa shape index (κ2) is 13.5. The van der Waals surface area contributed by atoms with Gasteiger partial charge in [0.15, 0.2) is 5.79 Å². The number of nitrogens with one attached hydrogen (secondary N) is 1. The predicted molar refractivity (Wildman–Crippen MR) is 177 cm³/mol. The number of alkyl halides is 5. The highest BCUT2D eigenvalue weighted by Crippen LogP contribution is 2.71. The van der Waals surface area contributed by atoms with Gasteiger partial charge in [0.05, 0.1) is 31.8 Å². The van der Waals surface area contributed by atoms with Crippen molar-refractivity contribution in [2.24, 2.45) is 22.7 Å². The van der Waals surface area contributed by atoms with Crippen molar-refractivity contribution in [3.8, 4) is 0 Å². The average molecular weight is 744 g/mol. The van der Waals surface area contributed by atoms with Gasteiger partial charge in [-0.3, -0.25) is 4.79 Å². The number of rotatable bonds is 8. The van der Waals surface area contributed by atoms with E-state index in [2.05, 4.69) is 5.32 Å². The number of aliphatic hydroxyl groups is 2. The van der Waals surface area contributed by atoms with Crippen LogP contribution in [0.15, 0.2) is 35.4 Å². The molecule has 1 spiro atoms. The number of hydrogen-bond donors (Lipinski definition) is 3. The Kier molecular flexibility index (Phi) is 10.1. The molecular weight excluding hydrogens is 693 g/mol. The van der Waals surface area contributed by atoms with Crippen molar-refractivity contribution in [3.05, 3.63) is 46.5 Å². The highest BCUT2D eigenvalue weighted by atomic mass is 19.4. The van der Waals surface area contributed by atoms with Crippen LogP contribution in [0.3, 0.4) is 0 Å². The molecule has 290 valence electrons. The number of allylic oxidation sites excluding steroid dienone is 1. The van der Waals surface area contributed by atoms with Crippen molar-refractivity contribution in [2.75, 3.05) is 26.4 Å². The SMILES string of the molecule is CCOC(=O)CCNC(=O)OCc1ccc([C@H]2C[C@@]3(C)C(CC[C@@]3(O)C(F)(F)C(F)(F)F)C3CCC4(O)CC5(CCC4=C32)OCC(C)(C)CO5)cc1. The van der Waals surface area contributed by atoms with E-state index >= 15 is 8.78 Å². The highest BCUT2D eigenvalue weighted by molar-refractivity contribution is 5.71. The van der Waals surface area contributed by atoms with Crippen LogP contribution >= 0.6 is 0 Å². The van der Waals surface area contributed by atoms with E-state index in [4.69, 9.17) is 18.9 Å². The lowest BCUT2D eigenvalue weighted by atomic mass is 9.49. The number of amides is 1. The molecule has 9 nitrogen and oxygen atoms in total. The molecule has 1 amide bonds. The number of carbonyl (C=O) groups is 2. The first kappa shape index (κ1) is 38.9. The Hall–Kier alpha value is -2.81. The van der Waals surface area contributed by atoms with Gasteiger partial charge in [0.2, 0.25) is 0 Å². The summed E-state index contributed by atoms with van der Waals surface area (Å²) in [5.74, 6) is -8.55. The summed E-state index contributed by atoms with van der Waals surface area (Å²) in [6.45, 7) is 8.17. The van der Waals surface area contributed by atoms with Crippen LogP contribution in [0.4, 0.5) is 26.7 Å². The number of benzene rings is 1. The van der Waals surface area contributed by atoms with Crippen LogP contribution < -0.4 is 5.32 Å². The van der Waals surface area contributed by atoms with Gasteiger partial charge < -0.3 is 34.5 Å². The third-order valence-electron chi connectivity index (χ3n) is 12.5. The fourth-order valence-electron chi connectivity index (χ4n) is 9.85. The molecule has 3 saturated carbocycles. The average Bonchev–Trinajstić information content (AvgIpc) is 3.35. The van der Waals surface area contributed by atoms with Crippen LogP contribution in [0, 0.1) is 22.7 Å². The molecule has 3 N–H and O–H groups in total. The first-order valence-electron chi connectivity index (χ1n) is 18.3. The van der Waals surface area contributed by atoms with E-state index in [1.54, 1.807) is 31.2 Å². The summed E-state index contributed by atoms with van der Waals surface area (Å²) in [7, 11) is 0. The quantitative estimate of drug-likeness (QED) is 0.147. The molecule has 6 rings (SSSR count). The zero-order valence-electron chi connectivity index (χ0n) is 30.2. The van der Waals surface area contributed by atoms with Gasteiger partial charge in [0.25, 0.3) is 0 Å². The molecule has 4 fully saturated rings. The molecule has 1 heterocycles. The summed E-state index contributed by atoms with van der Waals surface area (Å²) in [5.41, 5.74) is -3.80. The maximum atomic E-state index is 15.4. The van der Waals surface area contributed by atoms with Gasteiger partial charge in [-0.15, -0.1) is 0 Å². The predicted octanol–water partition coefficient (Wildman–Crippen LogP) is 7.09. The van der Waals surface area contributed by atoms with Gasteiger partial charge in [0.1, 0.15) is 12.2 Å². The summed E-state index contributed by atoms with van der Waals surface area (Å²) < 4.78 is 95.4. The molecule has 3 unspecified atom stereocenters. The highest BCUT2D eigenvalue weighted by Gasteiger charge is 2.79. The normalized spacial score (nSPS) is 33.9. The number of carbonyl (C=O) groups excluding carboxylic acids is 2. The molecule has 4 aliphatic carbocycles. The smallest absolute Gasteiger partial charge is 0.456 e. The van der Waals surface area contributed by atoms with Gasteiger partial charge in [-0.25, -0.2) is 4.79 Å². The molecule has 0 aromatic heterocycles. The van der Waals surface area contributed by atoms with Crippen molar-refractivity contribution in [3.63, 3.8) is 0 Å². The molecule has 1 aromatic carbocycles. The molecule has 5 aliphatic rings. The number of ether oxygens (including phenoxy) is 4. The summed E-state index contributed by atoms with van der Waals surface area (Å²) in [6.07, 6.45) is -5.94. The molecule has 0 radical (unpaired) electrons. The fraction of sp³-hybridized carbons (Fsp3) is 0.737. The number of alkyl carbamates (subject to hydrolysis) is 1. The van der Waals surface area contributed by atoms with Gasteiger partial charge in [0, 0.05) is 36.1 Å². The summed E-state index contributed by atoms with van der Waals surface area (Å²) in [6, 6.07) is 6.86. The van der Waals surface area contributed by atoms with Crippen molar-refractivity contribution >= 4 is 12.1 Å². The van der Waals surface area contributed by atoms with Crippen LogP contribution in [-0.2, 0) is 30.3 Å². The molecule has 6 atom stereocenters. The van der Waals surface area contributed by atoms with E-state index in [0.29, 0.717) is 43.6 Å². The van der Waals surface area contributed by atoms with Crippen molar-refractivity contribution in [1.82, 2.24) is 5.32 Å². The van der Waals surface area contributed by atoms with Crippen LogP contribution in [0.2, 0.25) is 0 Å². The lowest BCUT2D eigenvalue weighted by Gasteiger charge is -2.59. The Labute approximate surface area is 300 Å². The monoisotopic (exact) mass is 743 g/mol. The Morgan fingerprint density at radius 3 is 2.27 bits per heavy atom. The first-order valence-corrected chi connectivity index (χ1v) is 18.3. The van der Waals surface area contributed by atoms with Gasteiger partial charge in [-0.05, 0) is 74.0 Å². The molecule has 1 aromatic rings. The van der Waals surface area contributed by atoms with Crippen molar-refractivity contribution in [2.45, 2.75) is 127 Å². The van der Waals surface area contributed by atoms with Gasteiger partial charge >= 0.3 is 24.2 Å². The second-order valence-electron chi connectivity index (χ2n) is 16.5. The fourth-order valence-corrected chi connectivity index (χ4v) is 9.85. The minimum absolute atomic E-state index is 0.00532. The number of esters is 1. The van der Waals surface area contributed by atoms with Crippen LogP contribution in [0.1, 0.15) is 103 Å². The topological polar surface area (TPSA) is 124 Å². The maximum Gasteiger partial charge on any atom is 0.456 e. The standard InChI is InChI=1S/C38H50F5NO8/c1-5-49-29(45)13-17-44-31(46)50-19-23-6-8-24(9-7-23)26-18-33(4)27(12-16-36(33,48)37(39,40)38(41,42)43)25-10-14-34(47)20-35(15-11-28(34)30(25)26)51-21-32(2,3)22-52-35/h6-9,25-27,47-48H,5,10-22H2,1-4H3,(H,44,46)/t25?,26-,27?,33+,34?,36+/m1/s1. The maximum absolute atomic E-state index is 15.4. The third-order valence-corrected chi connectivity index (χ3v) is 12.5. The van der Waals surface area contributed by atoms with Crippen LogP contribution in [0.5, 0.6) is 0 Å². The summed E-state index contributed by atoms with van der Waals surface area (Å²) >= 11 is 0. The largest absolute Gasteiger partial charge is 0.466 e. The lowest BCUT2D eigenvalue weighted by Crippen LogP contribution is -2.65. The Morgan fingerprint density at radius 2 is 1.63 bits per heavy atom. The van der Waals surface area contributed by atoms with Gasteiger partial charge in [-0.1, -0.05) is 50.6 Å². The Bertz CT molecular complexity index is 1550. The van der Waals surface area contributed by atoms with E-state index in [9.17, 15) is 33.0 Å². The zero-order valence-corrected chi connectivity index (χ0v) is 30.2. The van der Waals surface area contributed by atoms with E-state index in [1.807, 2.05) is 13.8 Å². The van der Waals surface area contributed by atoms with E-state index in [0.717, 1.165) is 11.1 Å². The minimum Gasteiger partial charge on any atom is -0.466 e. The number of halogens is 5. The molecule has 0 bridgehead atoms. The molecule has 1 aliphatic heterocycles. The molecular formula is C38H50F5NO8. The molecule has 14 heteroatoms. The lowest BCUT2D eigenvalue weighted by molar-refractivity contribution is -0.362. The van der Waals surface area contributed by atoms with Crippen molar-refractivity contribution in [1.29, 1.82) is 0 Å². The Morgan fingerprint density at radius 1 is 0.962 bits per heavy atom. The Balaban J connectivity index is 1.31. The van der Waals surface area contributed by atoms with Crippen LogP contribution in [-0.4, -0.2) is 77.7 Å². The first-order chi connectivity index (χ1) is 24.2. The van der Waals surface area contributed by atoms with Crippen LogP contribution in [0.25, 0.3) is 0 Å². The summed E-state index contributed by atoms with van der Waals surface area (Å²) in [5, 5.41) is 26.4. The third kappa shape index (κ3) is 6.63. The number of hydrogen-bond acceptors (Lipinski definition) is 8. The van der Waals surface area contributed by atoms with E-state index in [1.165, 1.54) is 6.92 Å². The summed E-state index contributed by atoms with van der Waals surface area (Å²) in [4.78, 5) is 23.7. The van der Waals surface area contributed by atoms with E-state index < -0.39 is 70.7 Å². The van der Waals surface area contributed by atoms with Crippen molar-refractivity contribution < 1.29 is 60.7 Å². The second-order valence-corrected chi connectivity index (χ2v) is 16.5.